The number of rotatable bonds is 10. The maximum Gasteiger partial charge on any atom is 0.286 e. The van der Waals surface area contributed by atoms with Crippen LogP contribution in [0.5, 0.6) is 5.75 Å². The van der Waals surface area contributed by atoms with Crippen LogP contribution in [0.25, 0.3) is 21.9 Å². The average Bonchev–Trinajstić information content (AvgIpc) is 3.46. The van der Waals surface area contributed by atoms with E-state index in [2.05, 4.69) is 10.3 Å². The number of carbonyl (C=O) groups excluding carboxylic acids is 1. The van der Waals surface area contributed by atoms with Crippen LogP contribution in [-0.4, -0.2) is 35.9 Å². The zero-order chi connectivity index (χ0) is 29.8. The van der Waals surface area contributed by atoms with Crippen LogP contribution in [0.3, 0.4) is 0 Å². The van der Waals surface area contributed by atoms with Gasteiger partial charge >= 0.3 is 0 Å². The Balaban J connectivity index is 1.20. The monoisotopic (exact) mass is 580 g/mol. The van der Waals surface area contributed by atoms with Gasteiger partial charge < -0.3 is 34.0 Å². The Morgan fingerprint density at radius 3 is 2.70 bits per heavy atom. The highest BCUT2D eigenvalue weighted by atomic mass is 16.7. The smallest absolute Gasteiger partial charge is 0.286 e. The van der Waals surface area contributed by atoms with Gasteiger partial charge in [-0.1, -0.05) is 36.4 Å². The molecule has 0 saturated heterocycles. The molecule has 1 aliphatic rings. The molecule has 1 aliphatic heterocycles. The van der Waals surface area contributed by atoms with Crippen molar-refractivity contribution in [2.45, 2.75) is 38.3 Å². The molecule has 5 aromatic rings. The highest BCUT2D eigenvalue weighted by Crippen LogP contribution is 2.31. The number of allylic oxidation sites excluding steroid dienone is 1. The fraction of sp³-hybridized carbons (Fsp3) is 0.235. The fourth-order valence-corrected chi connectivity index (χ4v) is 5.30. The number of aliphatic hydroxyl groups excluding tert-OH is 1. The predicted octanol–water partition coefficient (Wildman–Crippen LogP) is 5.06. The quantitative estimate of drug-likeness (QED) is 0.211. The lowest BCUT2D eigenvalue weighted by Gasteiger charge is -2.29. The molecular formula is C34H32N2O7. The van der Waals surface area contributed by atoms with E-state index in [-0.39, 0.29) is 24.4 Å². The van der Waals surface area contributed by atoms with E-state index in [1.807, 2.05) is 54.7 Å². The Labute approximate surface area is 247 Å². The van der Waals surface area contributed by atoms with Gasteiger partial charge in [0.2, 0.25) is 6.29 Å². The molecule has 3 N–H and O–H groups in total. The van der Waals surface area contributed by atoms with Crippen LogP contribution in [0.15, 0.2) is 100 Å². The van der Waals surface area contributed by atoms with Crippen LogP contribution in [0, 0.1) is 0 Å². The molecule has 9 heteroatoms. The molecule has 0 unspecified atom stereocenters. The molecule has 3 aromatic carbocycles. The van der Waals surface area contributed by atoms with Crippen molar-refractivity contribution in [1.29, 1.82) is 0 Å². The number of fused-ring (bicyclic) bond motifs is 2. The first kappa shape index (κ1) is 28.3. The molecule has 0 saturated carbocycles. The number of aromatic nitrogens is 1. The summed E-state index contributed by atoms with van der Waals surface area (Å²) in [6.45, 7) is 0.560. The number of benzene rings is 3. The van der Waals surface area contributed by atoms with Gasteiger partial charge in [0.15, 0.2) is 11.2 Å². The van der Waals surface area contributed by atoms with Crippen molar-refractivity contribution in [3.05, 3.63) is 124 Å². The summed E-state index contributed by atoms with van der Waals surface area (Å²) >= 11 is 0. The van der Waals surface area contributed by atoms with Gasteiger partial charge in [0.25, 0.3) is 5.91 Å². The number of amides is 1. The minimum atomic E-state index is -0.778. The summed E-state index contributed by atoms with van der Waals surface area (Å²) in [6.07, 6.45) is 5.20. The number of aromatic amines is 1. The first-order chi connectivity index (χ1) is 21.0. The molecule has 3 heterocycles. The Morgan fingerprint density at radius 2 is 1.88 bits per heavy atom. The third kappa shape index (κ3) is 6.18. The van der Waals surface area contributed by atoms with Gasteiger partial charge in [-0.25, -0.2) is 0 Å². The van der Waals surface area contributed by atoms with Gasteiger partial charge in [-0.2, -0.15) is 0 Å². The maximum atomic E-state index is 13.4. The van der Waals surface area contributed by atoms with E-state index in [9.17, 15) is 14.7 Å². The van der Waals surface area contributed by atoms with E-state index in [4.69, 9.17) is 18.6 Å². The van der Waals surface area contributed by atoms with Gasteiger partial charge in [-0.15, -0.1) is 0 Å². The fourth-order valence-electron chi connectivity index (χ4n) is 5.30. The third-order valence-electron chi connectivity index (χ3n) is 7.68. The highest BCUT2D eigenvalue weighted by molar-refractivity contribution is 5.92. The van der Waals surface area contributed by atoms with Gasteiger partial charge in [-0.3, -0.25) is 9.59 Å². The summed E-state index contributed by atoms with van der Waals surface area (Å²) in [5, 5.41) is 13.8. The minimum absolute atomic E-state index is 0.0410. The summed E-state index contributed by atoms with van der Waals surface area (Å²) in [6, 6.07) is 20.3. The lowest BCUT2D eigenvalue weighted by molar-refractivity contribution is -0.150. The average molecular weight is 581 g/mol. The Hall–Kier alpha value is -4.86. The summed E-state index contributed by atoms with van der Waals surface area (Å²) in [5.74, 6) is -0.00540. The zero-order valence-corrected chi connectivity index (χ0v) is 23.7. The molecule has 6 rings (SSSR count). The Kier molecular flexibility index (Phi) is 8.26. The van der Waals surface area contributed by atoms with Crippen LogP contribution in [0.2, 0.25) is 0 Å². The molecule has 9 nitrogen and oxygen atoms in total. The molecule has 0 bridgehead atoms. The van der Waals surface area contributed by atoms with Crippen LogP contribution in [0.4, 0.5) is 0 Å². The van der Waals surface area contributed by atoms with E-state index in [1.54, 1.807) is 31.4 Å². The van der Waals surface area contributed by atoms with Gasteiger partial charge in [0, 0.05) is 41.5 Å². The third-order valence-corrected chi connectivity index (χ3v) is 7.68. The summed E-state index contributed by atoms with van der Waals surface area (Å²) in [7, 11) is 1.63. The minimum Gasteiger partial charge on any atom is -0.497 e. The van der Waals surface area contributed by atoms with Crippen molar-refractivity contribution >= 4 is 27.8 Å². The molecule has 0 spiro atoms. The highest BCUT2D eigenvalue weighted by Gasteiger charge is 2.30. The molecule has 220 valence electrons. The molecule has 43 heavy (non-hydrogen) atoms. The first-order valence-electron chi connectivity index (χ1n) is 14.1. The van der Waals surface area contributed by atoms with E-state index >= 15 is 0 Å². The summed E-state index contributed by atoms with van der Waals surface area (Å²) in [4.78, 5) is 30.0. The van der Waals surface area contributed by atoms with Crippen LogP contribution in [-0.2, 0) is 33.9 Å². The van der Waals surface area contributed by atoms with Gasteiger partial charge in [-0.05, 0) is 59.5 Å². The zero-order valence-electron chi connectivity index (χ0n) is 23.7. The number of para-hydroxylation sites is 1. The molecular weight excluding hydrogens is 548 g/mol. The molecule has 1 amide bonds. The first-order valence-corrected chi connectivity index (χ1v) is 14.1. The number of nitrogens with one attached hydrogen (secondary N) is 2. The molecule has 0 fully saturated rings. The van der Waals surface area contributed by atoms with Crippen molar-refractivity contribution in [1.82, 2.24) is 10.3 Å². The number of carbonyl (C=O) groups is 1. The topological polar surface area (TPSA) is 123 Å². The lowest BCUT2D eigenvalue weighted by Crippen LogP contribution is -2.34. The normalized spacial score (nSPS) is 16.6. The SMILES string of the molecule is COc1ccc2[nH]cc(CCNC(=O)C3=C[C@H](c4coc5ccccc5c4=O)C[C@H](OCc4ccc(CO)cc4)O3)c2c1. The Bertz CT molecular complexity index is 1840. The predicted molar refractivity (Wildman–Crippen MR) is 162 cm³/mol. The number of methoxy groups -OCH3 is 1. The van der Waals surface area contributed by atoms with E-state index in [0.29, 0.717) is 35.9 Å². The second-order valence-electron chi connectivity index (χ2n) is 10.5. The number of hydrogen-bond donors (Lipinski definition) is 3. The molecule has 0 aliphatic carbocycles. The second-order valence-corrected chi connectivity index (χ2v) is 10.5. The Morgan fingerprint density at radius 1 is 1.07 bits per heavy atom. The van der Waals surface area contributed by atoms with Crippen molar-refractivity contribution < 1.29 is 28.5 Å². The second kappa shape index (κ2) is 12.6. The summed E-state index contributed by atoms with van der Waals surface area (Å²) < 4.78 is 23.2. The number of H-pyrrole nitrogens is 1. The lowest BCUT2D eigenvalue weighted by atomic mass is 9.93. The maximum absolute atomic E-state index is 13.4. The van der Waals surface area contributed by atoms with Crippen LogP contribution in [0.1, 0.15) is 34.6 Å². The molecule has 0 radical (unpaired) electrons. The summed E-state index contributed by atoms with van der Waals surface area (Å²) in [5.41, 5.74) is 4.50. The number of hydrogen-bond acceptors (Lipinski definition) is 7. The largest absolute Gasteiger partial charge is 0.497 e. The van der Waals surface area contributed by atoms with E-state index in [1.165, 1.54) is 6.26 Å². The van der Waals surface area contributed by atoms with Gasteiger partial charge in [0.1, 0.15) is 11.3 Å². The van der Waals surface area contributed by atoms with E-state index < -0.39 is 18.1 Å². The van der Waals surface area contributed by atoms with Crippen LogP contribution >= 0.6 is 0 Å². The number of aliphatic hydroxyl groups is 1. The van der Waals surface area contributed by atoms with Crippen LogP contribution < -0.4 is 15.5 Å². The van der Waals surface area contributed by atoms with Gasteiger partial charge in [0.05, 0.1) is 32.0 Å². The van der Waals surface area contributed by atoms with Crippen molar-refractivity contribution in [3.63, 3.8) is 0 Å². The molecule has 2 atom stereocenters. The molecule has 2 aromatic heterocycles. The standard InChI is InChI=1S/C34H32N2O7/c1-40-25-10-11-29-27(16-25)23(17-36-29)12-13-35-34(39)31-14-24(28-20-41-30-5-3-2-4-26(30)33(28)38)15-32(43-31)42-19-22-8-6-21(18-37)7-9-22/h2-11,14,16-17,20,24,32,36-37H,12-13,15,18-19H2,1H3,(H,35,39)/t24-,32+/m0/s1. The number of ether oxygens (including phenoxy) is 3. The van der Waals surface area contributed by atoms with E-state index in [0.717, 1.165) is 33.3 Å². The van der Waals surface area contributed by atoms with Crippen molar-refractivity contribution in [3.8, 4) is 5.75 Å². The van der Waals surface area contributed by atoms with Crippen molar-refractivity contribution in [2.24, 2.45) is 0 Å². The van der Waals surface area contributed by atoms with Crippen molar-refractivity contribution in [2.75, 3.05) is 13.7 Å².